The molecule has 3 aromatic carbocycles. The van der Waals surface area contributed by atoms with Gasteiger partial charge in [0.25, 0.3) is 5.91 Å². The molecule has 2 amide bonds. The molecule has 9 nitrogen and oxygen atoms in total. The molecule has 1 aromatic heterocycles. The van der Waals surface area contributed by atoms with Crippen LogP contribution in [0.4, 0.5) is 17.1 Å². The van der Waals surface area contributed by atoms with Gasteiger partial charge in [0.1, 0.15) is 0 Å². The van der Waals surface area contributed by atoms with Crippen molar-refractivity contribution in [2.24, 2.45) is 17.3 Å². The number of amides is 2. The Hall–Kier alpha value is -4.02. The highest BCUT2D eigenvalue weighted by Crippen LogP contribution is 2.23. The van der Waals surface area contributed by atoms with Crippen molar-refractivity contribution in [2.45, 2.75) is 18.1 Å². The molecule has 4 rings (SSSR count). The number of carbonyl (C=O) groups excluding carboxylic acids is 2. The van der Waals surface area contributed by atoms with E-state index < -0.39 is 6.04 Å². The second kappa shape index (κ2) is 12.3. The lowest BCUT2D eigenvalue weighted by molar-refractivity contribution is -0.113. The topological polar surface area (TPSA) is 114 Å². The number of halogens is 1. The number of carbonyl (C=O) groups is 2. The zero-order chi connectivity index (χ0) is 26.2. The Morgan fingerprint density at radius 1 is 0.946 bits per heavy atom. The number of nitrogens with zero attached hydrogens (tertiary/aromatic N) is 5. The van der Waals surface area contributed by atoms with Gasteiger partial charge in [0.05, 0.1) is 33.8 Å². The van der Waals surface area contributed by atoms with E-state index in [1.165, 1.54) is 11.8 Å². The van der Waals surface area contributed by atoms with Crippen LogP contribution >= 0.6 is 23.4 Å². The molecule has 0 saturated heterocycles. The Bertz CT molecular complexity index is 1410. The van der Waals surface area contributed by atoms with E-state index in [4.69, 9.17) is 11.6 Å². The van der Waals surface area contributed by atoms with E-state index in [2.05, 4.69) is 31.1 Å². The number of benzene rings is 3. The van der Waals surface area contributed by atoms with Gasteiger partial charge < -0.3 is 15.2 Å². The summed E-state index contributed by atoms with van der Waals surface area (Å²) >= 11 is 7.36. The highest BCUT2D eigenvalue weighted by Gasteiger charge is 2.20. The molecule has 0 aliphatic carbocycles. The van der Waals surface area contributed by atoms with Crippen LogP contribution in [0.3, 0.4) is 0 Å². The Morgan fingerprint density at radius 2 is 1.59 bits per heavy atom. The van der Waals surface area contributed by atoms with Gasteiger partial charge in [-0.3, -0.25) is 9.59 Å². The number of anilines is 1. The fraction of sp³-hybridized carbons (Fsp3) is 0.154. The minimum atomic E-state index is -0.415. The molecule has 11 heteroatoms. The van der Waals surface area contributed by atoms with Crippen LogP contribution in [0.2, 0.25) is 5.02 Å². The molecular formula is C26H24ClN7O2S. The molecule has 1 atom stereocenters. The zero-order valence-electron chi connectivity index (χ0n) is 20.1. The van der Waals surface area contributed by atoms with Crippen LogP contribution in [-0.2, 0) is 11.8 Å². The van der Waals surface area contributed by atoms with E-state index in [9.17, 15) is 9.59 Å². The van der Waals surface area contributed by atoms with E-state index in [1.807, 2.05) is 37.3 Å². The van der Waals surface area contributed by atoms with Crippen LogP contribution in [0.5, 0.6) is 0 Å². The molecule has 4 aromatic rings. The third-order valence-corrected chi connectivity index (χ3v) is 6.59. The summed E-state index contributed by atoms with van der Waals surface area (Å²) in [6.07, 6.45) is 0. The monoisotopic (exact) mass is 533 g/mol. The number of azo groups is 1. The maximum Gasteiger partial charge on any atom is 0.253 e. The molecule has 0 spiro atoms. The fourth-order valence-corrected chi connectivity index (χ4v) is 4.30. The first-order valence-electron chi connectivity index (χ1n) is 11.3. The Morgan fingerprint density at radius 3 is 2.30 bits per heavy atom. The van der Waals surface area contributed by atoms with E-state index >= 15 is 0 Å². The van der Waals surface area contributed by atoms with Crippen molar-refractivity contribution in [1.82, 2.24) is 20.1 Å². The predicted octanol–water partition coefficient (Wildman–Crippen LogP) is 6.11. The summed E-state index contributed by atoms with van der Waals surface area (Å²) in [5, 5.41) is 23.4. The smallest absolute Gasteiger partial charge is 0.253 e. The Balaban J connectivity index is 1.28. The number of rotatable bonds is 9. The second-order valence-corrected chi connectivity index (χ2v) is 9.34. The predicted molar refractivity (Wildman–Crippen MR) is 145 cm³/mol. The standard InChI is InChI=1S/C26H24ClN7O2S/c1-17(28-25(36)21-10-6-7-11-22(21)27)24-32-33-26(34(24)2)37-16-23(35)29-18-12-14-20(15-13-18)31-30-19-8-4-3-5-9-19/h3-15,17H,16H2,1-2H3,(H,28,36)(H,29,35)/t17-/m0/s1. The van der Waals surface area contributed by atoms with Gasteiger partial charge in [0, 0.05) is 12.7 Å². The van der Waals surface area contributed by atoms with Crippen LogP contribution in [0.15, 0.2) is 94.2 Å². The molecular weight excluding hydrogens is 510 g/mol. The number of thioether (sulfide) groups is 1. The van der Waals surface area contributed by atoms with Crippen LogP contribution in [0.25, 0.3) is 0 Å². The van der Waals surface area contributed by atoms with Crippen molar-refractivity contribution in [3.63, 3.8) is 0 Å². The highest BCUT2D eigenvalue weighted by molar-refractivity contribution is 7.99. The number of hydrogen-bond donors (Lipinski definition) is 2. The van der Waals surface area contributed by atoms with Gasteiger partial charge in [-0.15, -0.1) is 10.2 Å². The summed E-state index contributed by atoms with van der Waals surface area (Å²) in [6.45, 7) is 1.81. The van der Waals surface area contributed by atoms with Gasteiger partial charge in [-0.05, 0) is 55.5 Å². The zero-order valence-corrected chi connectivity index (χ0v) is 21.7. The molecule has 188 valence electrons. The minimum absolute atomic E-state index is 0.141. The third-order valence-electron chi connectivity index (χ3n) is 5.24. The van der Waals surface area contributed by atoms with Gasteiger partial charge >= 0.3 is 0 Å². The van der Waals surface area contributed by atoms with Crippen molar-refractivity contribution in [3.8, 4) is 0 Å². The molecule has 0 radical (unpaired) electrons. The maximum absolute atomic E-state index is 12.6. The maximum atomic E-state index is 12.6. The minimum Gasteiger partial charge on any atom is -0.342 e. The summed E-state index contributed by atoms with van der Waals surface area (Å²) in [5.74, 6) is 0.209. The second-order valence-electron chi connectivity index (χ2n) is 7.99. The average Bonchev–Trinajstić information content (AvgIpc) is 3.28. The lowest BCUT2D eigenvalue weighted by Crippen LogP contribution is -2.28. The molecule has 37 heavy (non-hydrogen) atoms. The van der Waals surface area contributed by atoms with Crippen LogP contribution in [0, 0.1) is 0 Å². The number of hydrogen-bond acceptors (Lipinski definition) is 7. The molecule has 0 aliphatic heterocycles. The first-order chi connectivity index (χ1) is 17.9. The first kappa shape index (κ1) is 26.1. The van der Waals surface area contributed by atoms with Gasteiger partial charge in [-0.25, -0.2) is 0 Å². The Kier molecular flexibility index (Phi) is 8.65. The SMILES string of the molecule is C[C@H](NC(=O)c1ccccc1Cl)c1nnc(SCC(=O)Nc2ccc(N=Nc3ccccc3)cc2)n1C. The molecule has 0 bridgehead atoms. The molecule has 0 saturated carbocycles. The lowest BCUT2D eigenvalue weighted by atomic mass is 10.2. The average molecular weight is 534 g/mol. The summed E-state index contributed by atoms with van der Waals surface area (Å²) < 4.78 is 1.75. The van der Waals surface area contributed by atoms with Crippen molar-refractivity contribution in [3.05, 3.63) is 95.3 Å². The van der Waals surface area contributed by atoms with E-state index in [0.29, 0.717) is 32.9 Å². The molecule has 0 fully saturated rings. The van der Waals surface area contributed by atoms with Crippen LogP contribution in [-0.4, -0.2) is 32.3 Å². The summed E-state index contributed by atoms with van der Waals surface area (Å²) in [7, 11) is 1.79. The van der Waals surface area contributed by atoms with Crippen molar-refractivity contribution < 1.29 is 9.59 Å². The summed E-state index contributed by atoms with van der Waals surface area (Å²) in [4.78, 5) is 25.0. The lowest BCUT2D eigenvalue weighted by Gasteiger charge is -2.14. The van der Waals surface area contributed by atoms with E-state index in [0.717, 1.165) is 5.69 Å². The fourth-order valence-electron chi connectivity index (χ4n) is 3.36. The van der Waals surface area contributed by atoms with Crippen molar-refractivity contribution in [2.75, 3.05) is 11.1 Å². The van der Waals surface area contributed by atoms with Crippen LogP contribution < -0.4 is 10.6 Å². The summed E-state index contributed by atoms with van der Waals surface area (Å²) in [5.41, 5.74) is 2.48. The third kappa shape index (κ3) is 7.02. The van der Waals surface area contributed by atoms with Gasteiger partial charge in [0.2, 0.25) is 5.91 Å². The first-order valence-corrected chi connectivity index (χ1v) is 12.7. The van der Waals surface area contributed by atoms with Gasteiger partial charge in [-0.2, -0.15) is 10.2 Å². The highest BCUT2D eigenvalue weighted by atomic mass is 35.5. The van der Waals surface area contributed by atoms with E-state index in [-0.39, 0.29) is 17.6 Å². The largest absolute Gasteiger partial charge is 0.342 e. The quantitative estimate of drug-likeness (QED) is 0.199. The van der Waals surface area contributed by atoms with Gasteiger partial charge in [-0.1, -0.05) is 53.7 Å². The molecule has 1 heterocycles. The summed E-state index contributed by atoms with van der Waals surface area (Å²) in [6, 6.07) is 23.0. The number of aromatic nitrogens is 3. The molecule has 0 unspecified atom stereocenters. The molecule has 0 aliphatic rings. The van der Waals surface area contributed by atoms with Crippen LogP contribution in [0.1, 0.15) is 29.1 Å². The molecule has 2 N–H and O–H groups in total. The van der Waals surface area contributed by atoms with E-state index in [1.54, 1.807) is 60.1 Å². The Labute approximate surface area is 223 Å². The number of nitrogens with one attached hydrogen (secondary N) is 2. The van der Waals surface area contributed by atoms with Crippen molar-refractivity contribution in [1.29, 1.82) is 0 Å². The van der Waals surface area contributed by atoms with Gasteiger partial charge in [0.15, 0.2) is 11.0 Å². The normalized spacial score (nSPS) is 11.9. The van der Waals surface area contributed by atoms with Crippen molar-refractivity contribution >= 4 is 52.2 Å².